The van der Waals surface area contributed by atoms with Crippen molar-refractivity contribution >= 4 is 11.8 Å². The van der Waals surface area contributed by atoms with Gasteiger partial charge in [0.05, 0.1) is 5.54 Å². The fourth-order valence-electron chi connectivity index (χ4n) is 3.78. The van der Waals surface area contributed by atoms with E-state index in [4.69, 9.17) is 0 Å². The number of aliphatic hydroxyl groups is 1. The van der Waals surface area contributed by atoms with E-state index in [0.717, 1.165) is 6.07 Å². The van der Waals surface area contributed by atoms with E-state index in [2.05, 4.69) is 5.32 Å². The summed E-state index contributed by atoms with van der Waals surface area (Å²) in [5.41, 5.74) is -2.42. The number of carbonyl (C=O) groups is 2. The van der Waals surface area contributed by atoms with Gasteiger partial charge in [-0.3, -0.25) is 14.5 Å². The average molecular weight is 381 g/mol. The van der Waals surface area contributed by atoms with Crippen LogP contribution in [0, 0.1) is 11.6 Å². The average Bonchev–Trinajstić information content (AvgIpc) is 2.61. The standard InChI is InChI=1S/C19H25F2N3O3/c1-18(2)16(25)22-8-10-24(18)12-19(27)7-4-9-23(17(19)26)11-13-5-3-6-14(20)15(13)21/h3,5-6,27H,4,7-12H2,1-2H3,(H,22,25). The molecule has 0 aromatic heterocycles. The van der Waals surface area contributed by atoms with Crippen LogP contribution in [0.3, 0.4) is 0 Å². The number of nitrogens with one attached hydrogen (secondary N) is 1. The number of benzene rings is 1. The summed E-state index contributed by atoms with van der Waals surface area (Å²) >= 11 is 0. The number of hydrogen-bond donors (Lipinski definition) is 2. The Hall–Kier alpha value is -2.06. The Balaban J connectivity index is 1.77. The zero-order valence-electron chi connectivity index (χ0n) is 15.6. The Bertz CT molecular complexity index is 756. The Morgan fingerprint density at radius 3 is 2.70 bits per heavy atom. The molecule has 0 saturated carbocycles. The van der Waals surface area contributed by atoms with Gasteiger partial charge in [0, 0.05) is 38.3 Å². The third kappa shape index (κ3) is 3.68. The molecule has 1 atom stereocenters. The molecule has 148 valence electrons. The van der Waals surface area contributed by atoms with Gasteiger partial charge in [0.2, 0.25) is 5.91 Å². The van der Waals surface area contributed by atoms with Gasteiger partial charge in [0.25, 0.3) is 5.91 Å². The highest BCUT2D eigenvalue weighted by Gasteiger charge is 2.48. The van der Waals surface area contributed by atoms with Gasteiger partial charge in [-0.2, -0.15) is 0 Å². The molecule has 0 radical (unpaired) electrons. The molecular formula is C19H25F2N3O3. The molecule has 2 heterocycles. The number of β-amino-alcohol motifs (C(OH)–C–C–N with tert-alkyl or cyclic N) is 1. The third-order valence-corrected chi connectivity index (χ3v) is 5.56. The van der Waals surface area contributed by atoms with Crippen molar-refractivity contribution in [2.45, 2.75) is 44.4 Å². The molecule has 2 aliphatic heterocycles. The fourth-order valence-corrected chi connectivity index (χ4v) is 3.78. The van der Waals surface area contributed by atoms with Crippen LogP contribution in [0.2, 0.25) is 0 Å². The molecule has 0 bridgehead atoms. The zero-order valence-corrected chi connectivity index (χ0v) is 15.6. The number of nitrogens with zero attached hydrogens (tertiary/aromatic N) is 2. The molecule has 2 fully saturated rings. The highest BCUT2D eigenvalue weighted by molar-refractivity contribution is 5.88. The lowest BCUT2D eigenvalue weighted by Crippen LogP contribution is -2.67. The fraction of sp³-hybridized carbons (Fsp3) is 0.579. The van der Waals surface area contributed by atoms with Crippen LogP contribution < -0.4 is 5.32 Å². The Labute approximate surface area is 157 Å². The molecule has 0 spiro atoms. The summed E-state index contributed by atoms with van der Waals surface area (Å²) in [6.45, 7) is 4.75. The van der Waals surface area contributed by atoms with Crippen molar-refractivity contribution in [3.05, 3.63) is 35.4 Å². The molecule has 27 heavy (non-hydrogen) atoms. The predicted octanol–water partition coefficient (Wildman–Crippen LogP) is 1.03. The highest BCUT2D eigenvalue weighted by atomic mass is 19.2. The van der Waals surface area contributed by atoms with Gasteiger partial charge >= 0.3 is 0 Å². The summed E-state index contributed by atoms with van der Waals surface area (Å²) < 4.78 is 27.4. The van der Waals surface area contributed by atoms with Crippen LogP contribution >= 0.6 is 0 Å². The summed E-state index contributed by atoms with van der Waals surface area (Å²) in [5, 5.41) is 13.8. The van der Waals surface area contributed by atoms with Crippen LogP contribution in [0.25, 0.3) is 0 Å². The van der Waals surface area contributed by atoms with E-state index in [1.807, 2.05) is 0 Å². The van der Waals surface area contributed by atoms with E-state index in [-0.39, 0.29) is 31.0 Å². The van der Waals surface area contributed by atoms with Gasteiger partial charge in [0.15, 0.2) is 17.2 Å². The van der Waals surface area contributed by atoms with Crippen LogP contribution in [0.5, 0.6) is 0 Å². The number of piperazine rings is 1. The maximum absolute atomic E-state index is 14.0. The molecule has 2 saturated heterocycles. The molecule has 1 aromatic carbocycles. The van der Waals surface area contributed by atoms with Crippen molar-refractivity contribution in [3.8, 4) is 0 Å². The molecule has 3 rings (SSSR count). The maximum atomic E-state index is 14.0. The number of halogens is 2. The second-order valence-electron chi connectivity index (χ2n) is 7.81. The SMILES string of the molecule is CC1(C)C(=O)NCCN1CC1(O)CCCN(Cc2cccc(F)c2F)C1=O. The highest BCUT2D eigenvalue weighted by Crippen LogP contribution is 2.29. The molecule has 2 N–H and O–H groups in total. The van der Waals surface area contributed by atoms with Crippen LogP contribution in [-0.2, 0) is 16.1 Å². The van der Waals surface area contributed by atoms with Gasteiger partial charge in [-0.05, 0) is 32.8 Å². The number of amides is 2. The quantitative estimate of drug-likeness (QED) is 0.817. The lowest BCUT2D eigenvalue weighted by atomic mass is 9.88. The number of likely N-dealkylation sites (tertiary alicyclic amines) is 1. The van der Waals surface area contributed by atoms with Crippen LogP contribution in [0.4, 0.5) is 8.78 Å². The van der Waals surface area contributed by atoms with Gasteiger partial charge in [-0.25, -0.2) is 8.78 Å². The summed E-state index contributed by atoms with van der Waals surface area (Å²) in [6.07, 6.45) is 0.807. The largest absolute Gasteiger partial charge is 0.379 e. The molecule has 0 aliphatic carbocycles. The van der Waals surface area contributed by atoms with Crippen molar-refractivity contribution in [3.63, 3.8) is 0 Å². The number of rotatable bonds is 4. The van der Waals surface area contributed by atoms with Crippen LogP contribution in [-0.4, -0.2) is 64.0 Å². The van der Waals surface area contributed by atoms with Crippen molar-refractivity contribution < 1.29 is 23.5 Å². The summed E-state index contributed by atoms with van der Waals surface area (Å²) in [7, 11) is 0. The van der Waals surface area contributed by atoms with E-state index < -0.39 is 28.7 Å². The zero-order chi connectivity index (χ0) is 19.8. The molecule has 8 heteroatoms. The first-order valence-electron chi connectivity index (χ1n) is 9.13. The Morgan fingerprint density at radius 1 is 1.22 bits per heavy atom. The smallest absolute Gasteiger partial charge is 0.256 e. The lowest BCUT2D eigenvalue weighted by Gasteiger charge is -2.46. The first kappa shape index (κ1) is 19.7. The van der Waals surface area contributed by atoms with E-state index in [9.17, 15) is 23.5 Å². The molecule has 2 aliphatic rings. The third-order valence-electron chi connectivity index (χ3n) is 5.56. The Morgan fingerprint density at radius 2 is 1.96 bits per heavy atom. The van der Waals surface area contributed by atoms with E-state index in [1.54, 1.807) is 18.7 Å². The minimum atomic E-state index is -1.66. The number of carbonyl (C=O) groups excluding carboxylic acids is 2. The van der Waals surface area contributed by atoms with Crippen molar-refractivity contribution in [1.82, 2.24) is 15.1 Å². The summed E-state index contributed by atoms with van der Waals surface area (Å²) in [5.74, 6) is -2.61. The van der Waals surface area contributed by atoms with Crippen molar-refractivity contribution in [1.29, 1.82) is 0 Å². The van der Waals surface area contributed by atoms with Gasteiger partial charge < -0.3 is 15.3 Å². The summed E-state index contributed by atoms with van der Waals surface area (Å²) in [6, 6.07) is 3.84. The first-order valence-corrected chi connectivity index (χ1v) is 9.13. The van der Waals surface area contributed by atoms with Crippen LogP contribution in [0.1, 0.15) is 32.3 Å². The topological polar surface area (TPSA) is 72.9 Å². The molecular weight excluding hydrogens is 356 g/mol. The monoisotopic (exact) mass is 381 g/mol. The minimum Gasteiger partial charge on any atom is -0.379 e. The lowest BCUT2D eigenvalue weighted by molar-refractivity contribution is -0.164. The van der Waals surface area contributed by atoms with Crippen LogP contribution in [0.15, 0.2) is 18.2 Å². The molecule has 2 amide bonds. The number of piperidine rings is 1. The van der Waals surface area contributed by atoms with Crippen molar-refractivity contribution in [2.24, 2.45) is 0 Å². The van der Waals surface area contributed by atoms with E-state index >= 15 is 0 Å². The molecule has 1 unspecified atom stereocenters. The van der Waals surface area contributed by atoms with E-state index in [0.29, 0.717) is 26.1 Å². The Kier molecular flexibility index (Phi) is 5.22. The maximum Gasteiger partial charge on any atom is 0.256 e. The molecule has 6 nitrogen and oxygen atoms in total. The minimum absolute atomic E-state index is 0.0222. The predicted molar refractivity (Wildman–Crippen MR) is 94.6 cm³/mol. The second kappa shape index (κ2) is 7.16. The second-order valence-corrected chi connectivity index (χ2v) is 7.81. The molecule has 1 aromatic rings. The number of hydrogen-bond acceptors (Lipinski definition) is 4. The normalized spacial score (nSPS) is 26.2. The first-order chi connectivity index (χ1) is 12.6. The van der Waals surface area contributed by atoms with Gasteiger partial charge in [0.1, 0.15) is 0 Å². The van der Waals surface area contributed by atoms with Gasteiger partial charge in [-0.15, -0.1) is 0 Å². The van der Waals surface area contributed by atoms with Crippen molar-refractivity contribution in [2.75, 3.05) is 26.2 Å². The summed E-state index contributed by atoms with van der Waals surface area (Å²) in [4.78, 5) is 28.2. The van der Waals surface area contributed by atoms with Gasteiger partial charge in [-0.1, -0.05) is 12.1 Å². The van der Waals surface area contributed by atoms with E-state index in [1.165, 1.54) is 17.0 Å².